The normalized spacial score (nSPS) is 15.8. The highest BCUT2D eigenvalue weighted by molar-refractivity contribution is 7.15. The zero-order valence-electron chi connectivity index (χ0n) is 9.48. The van der Waals surface area contributed by atoms with Crippen LogP contribution >= 0.6 is 11.3 Å². The maximum absolute atomic E-state index is 10.8. The van der Waals surface area contributed by atoms with Crippen molar-refractivity contribution < 1.29 is 9.90 Å². The number of hydrogen-bond acceptors (Lipinski definition) is 3. The first kappa shape index (κ1) is 10.8. The lowest BCUT2D eigenvalue weighted by Crippen LogP contribution is -2.05. The summed E-state index contributed by atoms with van der Waals surface area (Å²) in [5.74, 6) is -0.777. The van der Waals surface area contributed by atoms with Crippen LogP contribution in [0.2, 0.25) is 0 Å². The number of imidazole rings is 1. The number of carboxylic acid groups (broad SMARTS) is 1. The maximum Gasteiger partial charge on any atom is 0.309 e. The highest BCUT2D eigenvalue weighted by Crippen LogP contribution is 2.26. The van der Waals surface area contributed by atoms with E-state index in [1.165, 1.54) is 30.7 Å². The average molecular weight is 250 g/mol. The number of carboxylic acids is 1. The van der Waals surface area contributed by atoms with Crippen LogP contribution in [0.25, 0.3) is 4.96 Å². The quantitative estimate of drug-likeness (QED) is 0.832. The van der Waals surface area contributed by atoms with E-state index in [2.05, 4.69) is 9.38 Å². The van der Waals surface area contributed by atoms with Crippen molar-refractivity contribution in [1.82, 2.24) is 9.38 Å². The Hall–Kier alpha value is -1.36. The molecule has 1 aliphatic rings. The lowest BCUT2D eigenvalue weighted by Gasteiger charge is -2.01. The van der Waals surface area contributed by atoms with E-state index < -0.39 is 5.97 Å². The Labute approximate surface area is 103 Å². The third-order valence-electron chi connectivity index (χ3n) is 3.27. The number of rotatable bonds is 2. The summed E-state index contributed by atoms with van der Waals surface area (Å²) in [6.45, 7) is 0. The smallest absolute Gasteiger partial charge is 0.309 e. The van der Waals surface area contributed by atoms with Crippen LogP contribution in [0.4, 0.5) is 0 Å². The summed E-state index contributed by atoms with van der Waals surface area (Å²) in [6, 6.07) is 0. The van der Waals surface area contributed by atoms with Gasteiger partial charge < -0.3 is 5.11 Å². The Balaban J connectivity index is 2.12. The molecule has 0 aromatic carbocycles. The maximum atomic E-state index is 10.8. The van der Waals surface area contributed by atoms with Crippen LogP contribution in [0.1, 0.15) is 36.3 Å². The minimum Gasteiger partial charge on any atom is -0.481 e. The zero-order valence-corrected chi connectivity index (χ0v) is 10.3. The molecule has 0 aliphatic heterocycles. The lowest BCUT2D eigenvalue weighted by molar-refractivity contribution is -0.136. The van der Waals surface area contributed by atoms with Gasteiger partial charge in [-0.05, 0) is 25.7 Å². The monoisotopic (exact) mass is 250 g/mol. The van der Waals surface area contributed by atoms with Gasteiger partial charge in [-0.2, -0.15) is 0 Å². The average Bonchev–Trinajstić information content (AvgIpc) is 2.72. The van der Waals surface area contributed by atoms with E-state index in [0.29, 0.717) is 0 Å². The molecule has 3 rings (SSSR count). The molecule has 0 amide bonds. The molecule has 2 aromatic rings. The molecule has 1 N–H and O–H groups in total. The molecule has 90 valence electrons. The SMILES string of the molecule is O=C(O)Cc1csc2nc3c(n12)CCCCC3. The van der Waals surface area contributed by atoms with Crippen molar-refractivity contribution in [1.29, 1.82) is 0 Å². The predicted molar refractivity (Wildman–Crippen MR) is 65.7 cm³/mol. The lowest BCUT2D eigenvalue weighted by atomic mass is 10.2. The molecule has 0 saturated heterocycles. The van der Waals surface area contributed by atoms with Gasteiger partial charge >= 0.3 is 5.97 Å². The van der Waals surface area contributed by atoms with Crippen molar-refractivity contribution in [3.05, 3.63) is 22.5 Å². The Kier molecular flexibility index (Phi) is 2.63. The largest absolute Gasteiger partial charge is 0.481 e. The van der Waals surface area contributed by atoms with Gasteiger partial charge in [0, 0.05) is 16.8 Å². The topological polar surface area (TPSA) is 54.6 Å². The number of aryl methyl sites for hydroxylation is 2. The summed E-state index contributed by atoms with van der Waals surface area (Å²) in [6.07, 6.45) is 5.78. The standard InChI is InChI=1S/C12H14N2O2S/c15-11(16)6-8-7-17-12-13-9-4-2-1-3-5-10(9)14(8)12/h7H,1-6H2,(H,15,16). The molecule has 0 atom stereocenters. The summed E-state index contributed by atoms with van der Waals surface area (Å²) in [5, 5.41) is 10.8. The Morgan fingerprint density at radius 1 is 1.41 bits per heavy atom. The molecule has 2 heterocycles. The van der Waals surface area contributed by atoms with Gasteiger partial charge in [0.25, 0.3) is 0 Å². The fourth-order valence-corrected chi connectivity index (χ4v) is 3.44. The molecule has 1 aliphatic carbocycles. The summed E-state index contributed by atoms with van der Waals surface area (Å²) >= 11 is 1.54. The summed E-state index contributed by atoms with van der Waals surface area (Å²) in [7, 11) is 0. The molecule has 5 heteroatoms. The number of aliphatic carboxylic acids is 1. The fraction of sp³-hybridized carbons (Fsp3) is 0.500. The Morgan fingerprint density at radius 2 is 2.24 bits per heavy atom. The van der Waals surface area contributed by atoms with E-state index in [4.69, 9.17) is 5.11 Å². The number of hydrogen-bond donors (Lipinski definition) is 1. The van der Waals surface area contributed by atoms with Crippen molar-refractivity contribution in [2.75, 3.05) is 0 Å². The molecule has 0 spiro atoms. The van der Waals surface area contributed by atoms with Gasteiger partial charge in [0.1, 0.15) is 0 Å². The van der Waals surface area contributed by atoms with Gasteiger partial charge in [-0.15, -0.1) is 11.3 Å². The second-order valence-electron chi connectivity index (χ2n) is 4.48. The van der Waals surface area contributed by atoms with Crippen LogP contribution in [0.5, 0.6) is 0 Å². The molecule has 0 radical (unpaired) electrons. The highest BCUT2D eigenvalue weighted by atomic mass is 32.1. The molecule has 0 fully saturated rings. The van der Waals surface area contributed by atoms with Crippen LogP contribution in [0.15, 0.2) is 5.38 Å². The first-order valence-corrected chi connectivity index (χ1v) is 6.82. The van der Waals surface area contributed by atoms with Crippen molar-refractivity contribution in [3.8, 4) is 0 Å². The third kappa shape index (κ3) is 1.84. The van der Waals surface area contributed by atoms with Crippen LogP contribution in [-0.2, 0) is 24.1 Å². The second-order valence-corrected chi connectivity index (χ2v) is 5.32. The first-order chi connectivity index (χ1) is 8.25. The van der Waals surface area contributed by atoms with E-state index >= 15 is 0 Å². The van der Waals surface area contributed by atoms with Gasteiger partial charge in [-0.25, -0.2) is 4.98 Å². The van der Waals surface area contributed by atoms with Gasteiger partial charge in [0.05, 0.1) is 12.1 Å². The van der Waals surface area contributed by atoms with Crippen molar-refractivity contribution in [3.63, 3.8) is 0 Å². The Morgan fingerprint density at radius 3 is 3.06 bits per heavy atom. The Bertz CT molecular complexity index is 570. The fourth-order valence-electron chi connectivity index (χ4n) is 2.52. The van der Waals surface area contributed by atoms with E-state index in [1.54, 1.807) is 11.3 Å². The summed E-state index contributed by atoms with van der Waals surface area (Å²) < 4.78 is 2.07. The highest BCUT2D eigenvalue weighted by Gasteiger charge is 2.19. The minimum absolute atomic E-state index is 0.0861. The molecule has 2 aromatic heterocycles. The molecule has 0 saturated carbocycles. The van der Waals surface area contributed by atoms with Gasteiger partial charge in [0.2, 0.25) is 0 Å². The zero-order chi connectivity index (χ0) is 11.8. The van der Waals surface area contributed by atoms with Crippen LogP contribution in [-0.4, -0.2) is 20.5 Å². The van der Waals surface area contributed by atoms with Crippen molar-refractivity contribution >= 4 is 22.3 Å². The number of fused-ring (bicyclic) bond motifs is 3. The molecule has 4 nitrogen and oxygen atoms in total. The number of carbonyl (C=O) groups is 1. The van der Waals surface area contributed by atoms with Crippen molar-refractivity contribution in [2.24, 2.45) is 0 Å². The summed E-state index contributed by atoms with van der Waals surface area (Å²) in [4.78, 5) is 16.4. The predicted octanol–water partition coefficient (Wildman–Crippen LogP) is 2.29. The van der Waals surface area contributed by atoms with Gasteiger partial charge in [0.15, 0.2) is 4.96 Å². The first-order valence-electron chi connectivity index (χ1n) is 5.94. The third-order valence-corrected chi connectivity index (χ3v) is 4.15. The van der Waals surface area contributed by atoms with E-state index in [1.807, 2.05) is 5.38 Å². The molecular weight excluding hydrogens is 236 g/mol. The minimum atomic E-state index is -0.777. The van der Waals surface area contributed by atoms with Crippen molar-refractivity contribution in [2.45, 2.75) is 38.5 Å². The van der Waals surface area contributed by atoms with Crippen LogP contribution in [0.3, 0.4) is 0 Å². The van der Waals surface area contributed by atoms with Crippen LogP contribution < -0.4 is 0 Å². The second kappa shape index (κ2) is 4.14. The number of nitrogens with zero attached hydrogens (tertiary/aromatic N) is 2. The van der Waals surface area contributed by atoms with Gasteiger partial charge in [-0.3, -0.25) is 9.20 Å². The molecule has 0 bridgehead atoms. The molecule has 17 heavy (non-hydrogen) atoms. The van der Waals surface area contributed by atoms with E-state index in [-0.39, 0.29) is 6.42 Å². The number of aromatic nitrogens is 2. The molecule has 0 unspecified atom stereocenters. The van der Waals surface area contributed by atoms with E-state index in [0.717, 1.165) is 23.5 Å². The number of thiazole rings is 1. The van der Waals surface area contributed by atoms with Gasteiger partial charge in [-0.1, -0.05) is 6.42 Å². The van der Waals surface area contributed by atoms with E-state index in [9.17, 15) is 4.79 Å². The summed E-state index contributed by atoms with van der Waals surface area (Å²) in [5.41, 5.74) is 3.30. The molecular formula is C12H14N2O2S. The van der Waals surface area contributed by atoms with Crippen LogP contribution in [0, 0.1) is 0 Å².